The molecule has 1 atom stereocenters. The van der Waals surface area contributed by atoms with Crippen LogP contribution in [0.2, 0.25) is 0 Å². The number of rotatable bonds is 9. The maximum atomic E-state index is 12.9. The van der Waals surface area contributed by atoms with Crippen LogP contribution >= 0.6 is 11.8 Å². The van der Waals surface area contributed by atoms with E-state index in [-0.39, 0.29) is 40.2 Å². The maximum absolute atomic E-state index is 12.9. The maximum Gasteiger partial charge on any atom is 0.387 e. The Kier molecular flexibility index (Phi) is 7.89. The molecule has 2 amide bonds. The van der Waals surface area contributed by atoms with Crippen LogP contribution in [0.3, 0.4) is 0 Å². The molecule has 0 radical (unpaired) electrons. The number of amides is 2. The summed E-state index contributed by atoms with van der Waals surface area (Å²) >= 11 is 1.13. The number of nitrogens with zero attached hydrogens (tertiary/aromatic N) is 2. The lowest BCUT2D eigenvalue weighted by Gasteiger charge is -2.28. The zero-order chi connectivity index (χ0) is 25.7. The molecule has 1 N–H and O–H groups in total. The Hall–Kier alpha value is -3.86. The lowest BCUT2D eigenvalue weighted by molar-refractivity contribution is -0.0512. The van der Waals surface area contributed by atoms with Crippen molar-refractivity contribution in [1.82, 2.24) is 5.01 Å². The number of hydrogen-bond donors (Lipinski definition) is 1. The highest BCUT2D eigenvalue weighted by Crippen LogP contribution is 2.34. The van der Waals surface area contributed by atoms with E-state index in [4.69, 9.17) is 9.15 Å². The number of thioether (sulfide) groups is 1. The molecule has 1 aromatic heterocycles. The monoisotopic (exact) mass is 515 g/mol. The van der Waals surface area contributed by atoms with E-state index >= 15 is 0 Å². The van der Waals surface area contributed by atoms with E-state index in [1.54, 1.807) is 42.5 Å². The lowest BCUT2D eigenvalue weighted by Crippen LogP contribution is -2.34. The summed E-state index contributed by atoms with van der Waals surface area (Å²) in [4.78, 5) is 24.9. The van der Waals surface area contributed by atoms with E-state index in [1.807, 2.05) is 6.92 Å². The Balaban J connectivity index is 1.54. The lowest BCUT2D eigenvalue weighted by atomic mass is 10.0. The van der Waals surface area contributed by atoms with Gasteiger partial charge in [0.2, 0.25) is 0 Å². The fourth-order valence-electron chi connectivity index (χ4n) is 3.58. The normalized spacial score (nSPS) is 15.6. The van der Waals surface area contributed by atoms with Gasteiger partial charge >= 0.3 is 11.9 Å². The molecule has 2 heterocycles. The highest BCUT2D eigenvalue weighted by atomic mass is 32.2. The molecule has 36 heavy (non-hydrogen) atoms. The van der Waals surface area contributed by atoms with E-state index in [9.17, 15) is 18.4 Å². The van der Waals surface area contributed by atoms with Crippen LogP contribution in [0.1, 0.15) is 35.0 Å². The van der Waals surface area contributed by atoms with Gasteiger partial charge in [0.25, 0.3) is 5.91 Å². The van der Waals surface area contributed by atoms with Crippen LogP contribution in [0, 0.1) is 0 Å². The van der Waals surface area contributed by atoms with Gasteiger partial charge in [0.15, 0.2) is 17.3 Å². The van der Waals surface area contributed by atoms with Crippen molar-refractivity contribution in [2.45, 2.75) is 31.8 Å². The molecule has 0 saturated carbocycles. The molecule has 0 bridgehead atoms. The van der Waals surface area contributed by atoms with E-state index < -0.39 is 6.61 Å². The number of nitrogens with one attached hydrogen (secondary N) is 1. The van der Waals surface area contributed by atoms with Crippen molar-refractivity contribution in [3.63, 3.8) is 0 Å². The summed E-state index contributed by atoms with van der Waals surface area (Å²) in [6, 6.07) is 14.8. The average Bonchev–Trinajstić information content (AvgIpc) is 3.41. The van der Waals surface area contributed by atoms with Crippen LogP contribution in [0.15, 0.2) is 70.4 Å². The molecule has 0 fully saturated rings. The Morgan fingerprint density at radius 2 is 1.97 bits per heavy atom. The van der Waals surface area contributed by atoms with Crippen LogP contribution < -0.4 is 14.8 Å². The Bertz CT molecular complexity index is 1250. The number of hydrogen-bond acceptors (Lipinski definition) is 7. The smallest absolute Gasteiger partial charge is 0.387 e. The number of ether oxygens (including phenoxy) is 2. The molecule has 8 nitrogen and oxygen atoms in total. The predicted molar refractivity (Wildman–Crippen MR) is 132 cm³/mol. The Morgan fingerprint density at radius 1 is 1.19 bits per heavy atom. The van der Waals surface area contributed by atoms with Gasteiger partial charge in [0.1, 0.15) is 0 Å². The van der Waals surface area contributed by atoms with Crippen molar-refractivity contribution in [2.75, 3.05) is 12.4 Å². The summed E-state index contributed by atoms with van der Waals surface area (Å²) in [6.45, 7) is -0.899. The molecule has 1 aliphatic heterocycles. The quantitative estimate of drug-likeness (QED) is 0.376. The fourth-order valence-corrected chi connectivity index (χ4v) is 4.52. The second-order valence-electron chi connectivity index (χ2n) is 7.70. The third-order valence-corrected chi connectivity index (χ3v) is 6.58. The molecule has 3 aromatic rings. The van der Waals surface area contributed by atoms with Gasteiger partial charge in [-0.25, -0.2) is 5.01 Å². The van der Waals surface area contributed by atoms with Crippen molar-refractivity contribution in [3.05, 3.63) is 77.7 Å². The second-order valence-corrected chi connectivity index (χ2v) is 8.85. The Labute approximate surface area is 210 Å². The summed E-state index contributed by atoms with van der Waals surface area (Å²) in [6.07, 6.45) is 2.03. The SMILES string of the molecule is CCC1SC(=O)N(Cc2ccc(NC(=O)c3ccco3)cc2)N=C1c1ccc(OC)c(OC(F)F)c1. The molecule has 0 aliphatic carbocycles. The third-order valence-electron chi connectivity index (χ3n) is 5.32. The number of halogens is 2. The molecular formula is C25H23F2N3O5S. The summed E-state index contributed by atoms with van der Waals surface area (Å²) in [5.41, 5.74) is 2.49. The zero-order valence-electron chi connectivity index (χ0n) is 19.4. The number of furan rings is 1. The Morgan fingerprint density at radius 3 is 2.61 bits per heavy atom. The summed E-state index contributed by atoms with van der Waals surface area (Å²) < 4.78 is 40.6. The van der Waals surface area contributed by atoms with Gasteiger partial charge in [-0.1, -0.05) is 30.8 Å². The molecule has 1 aliphatic rings. The minimum Gasteiger partial charge on any atom is -0.493 e. The molecule has 11 heteroatoms. The van der Waals surface area contributed by atoms with Crippen LogP contribution in [0.25, 0.3) is 0 Å². The second kappa shape index (κ2) is 11.3. The third kappa shape index (κ3) is 5.85. The number of anilines is 1. The average molecular weight is 516 g/mol. The molecule has 1 unspecified atom stereocenters. The van der Waals surface area contributed by atoms with Gasteiger partial charge in [0.05, 0.1) is 30.9 Å². The fraction of sp³-hybridized carbons (Fsp3) is 0.240. The van der Waals surface area contributed by atoms with Crippen molar-refractivity contribution in [3.8, 4) is 11.5 Å². The number of carbonyl (C=O) groups excluding carboxylic acids is 2. The highest BCUT2D eigenvalue weighted by Gasteiger charge is 2.31. The first-order valence-electron chi connectivity index (χ1n) is 11.0. The van der Waals surface area contributed by atoms with Crippen LogP contribution in [0.4, 0.5) is 19.3 Å². The summed E-state index contributed by atoms with van der Waals surface area (Å²) in [7, 11) is 1.37. The van der Waals surface area contributed by atoms with Crippen LogP contribution in [0.5, 0.6) is 11.5 Å². The van der Waals surface area contributed by atoms with Gasteiger partial charge in [-0.15, -0.1) is 0 Å². The van der Waals surface area contributed by atoms with E-state index in [0.717, 1.165) is 17.3 Å². The molecule has 0 spiro atoms. The molecule has 2 aromatic carbocycles. The topological polar surface area (TPSA) is 93.4 Å². The first-order valence-corrected chi connectivity index (χ1v) is 11.9. The van der Waals surface area contributed by atoms with Crippen molar-refractivity contribution >= 4 is 34.3 Å². The van der Waals surface area contributed by atoms with Gasteiger partial charge < -0.3 is 19.2 Å². The van der Waals surface area contributed by atoms with Crippen LogP contribution in [-0.2, 0) is 6.54 Å². The number of carbonyl (C=O) groups is 2. The number of benzene rings is 2. The molecular weight excluding hydrogens is 492 g/mol. The predicted octanol–water partition coefficient (Wildman–Crippen LogP) is 5.99. The largest absolute Gasteiger partial charge is 0.493 e. The molecule has 0 saturated heterocycles. The van der Waals surface area contributed by atoms with Crippen LogP contribution in [-0.4, -0.2) is 40.8 Å². The van der Waals surface area contributed by atoms with E-state index in [2.05, 4.69) is 15.2 Å². The van der Waals surface area contributed by atoms with Gasteiger partial charge in [-0.2, -0.15) is 13.9 Å². The number of alkyl halides is 2. The minimum atomic E-state index is -3.01. The van der Waals surface area contributed by atoms with Crippen molar-refractivity contribution < 1.29 is 32.3 Å². The van der Waals surface area contributed by atoms with Crippen molar-refractivity contribution in [2.24, 2.45) is 5.10 Å². The minimum absolute atomic E-state index is 0.108. The molecule has 4 rings (SSSR count). The van der Waals surface area contributed by atoms with Gasteiger partial charge in [-0.05, 0) is 54.4 Å². The van der Waals surface area contributed by atoms with E-state index in [1.165, 1.54) is 30.5 Å². The number of methoxy groups -OCH3 is 1. The van der Waals surface area contributed by atoms with Crippen molar-refractivity contribution in [1.29, 1.82) is 0 Å². The first kappa shape index (κ1) is 25.2. The number of hydrazone groups is 1. The highest BCUT2D eigenvalue weighted by molar-refractivity contribution is 8.14. The van der Waals surface area contributed by atoms with Gasteiger partial charge in [0, 0.05) is 11.3 Å². The van der Waals surface area contributed by atoms with Gasteiger partial charge in [-0.3, -0.25) is 9.59 Å². The first-order chi connectivity index (χ1) is 17.4. The van der Waals surface area contributed by atoms with E-state index in [0.29, 0.717) is 23.4 Å². The molecule has 188 valence electrons. The summed E-state index contributed by atoms with van der Waals surface area (Å²) in [5, 5.41) is 8.17. The zero-order valence-corrected chi connectivity index (χ0v) is 20.3. The standard InChI is InChI=1S/C25H23F2N3O5S/c1-3-21-22(16-8-11-18(33-2)20(13-16)35-24(26)27)29-30(25(32)36-21)14-15-6-9-17(10-7-15)28-23(31)19-5-4-12-34-19/h4-13,21,24H,3,14H2,1-2H3,(H,28,31). The summed E-state index contributed by atoms with van der Waals surface area (Å²) in [5.74, 6) is -0.112.